The van der Waals surface area contributed by atoms with Gasteiger partial charge in [0.1, 0.15) is 0 Å². The predicted octanol–water partition coefficient (Wildman–Crippen LogP) is 5.53. The number of aryl methyl sites for hydroxylation is 2. The van der Waals surface area contributed by atoms with Gasteiger partial charge in [-0.25, -0.2) is 0 Å². The van der Waals surface area contributed by atoms with E-state index in [4.69, 9.17) is 23.2 Å². The quantitative estimate of drug-likeness (QED) is 0.336. The van der Waals surface area contributed by atoms with Gasteiger partial charge in [0.05, 0.1) is 22.9 Å². The highest BCUT2D eigenvalue weighted by molar-refractivity contribution is 6.30. The fraction of sp³-hybridized carbons (Fsp3) is 0.310. The molecule has 4 heterocycles. The third-order valence-corrected chi connectivity index (χ3v) is 7.46. The van der Waals surface area contributed by atoms with Crippen molar-refractivity contribution in [1.29, 1.82) is 0 Å². The summed E-state index contributed by atoms with van der Waals surface area (Å²) in [6, 6.07) is 17.4. The van der Waals surface area contributed by atoms with E-state index in [0.29, 0.717) is 22.9 Å². The van der Waals surface area contributed by atoms with E-state index in [1.165, 1.54) is 0 Å². The zero-order valence-electron chi connectivity index (χ0n) is 21.4. The third kappa shape index (κ3) is 4.71. The second-order valence-electron chi connectivity index (χ2n) is 9.84. The molecule has 1 saturated heterocycles. The van der Waals surface area contributed by atoms with Gasteiger partial charge in [-0.15, -0.1) is 4.98 Å². The van der Waals surface area contributed by atoms with E-state index in [0.717, 1.165) is 34.6 Å². The van der Waals surface area contributed by atoms with Crippen LogP contribution in [0.5, 0.6) is 0 Å². The molecular weight excluding hydrogens is 484 g/mol. The summed E-state index contributed by atoms with van der Waals surface area (Å²) in [6.45, 7) is 15.3. The van der Waals surface area contributed by atoms with Crippen molar-refractivity contribution in [3.63, 3.8) is 0 Å². The minimum atomic E-state index is -0.0946. The standard InChI is InChI=1S/C29H29ClN6O/c1-18-9-10-23(32-15-18)29(21-7-6-8-22(30)13-21)36-17-19(2)35(16-20(36)3)25-14-27(37)34(5)24-11-12-26(31-4)33-28(24)25/h6-15,19-20,29H,16-17H2,1-3,5H3/t19-,20+,29?/m0/s1. The number of piperazine rings is 1. The fourth-order valence-electron chi connectivity index (χ4n) is 5.28. The van der Waals surface area contributed by atoms with Crippen LogP contribution in [0, 0.1) is 13.5 Å². The molecule has 0 radical (unpaired) electrons. The Bertz CT molecular complexity index is 1560. The molecule has 8 heteroatoms. The second-order valence-corrected chi connectivity index (χ2v) is 10.3. The lowest BCUT2D eigenvalue weighted by Gasteiger charge is -2.48. The molecule has 7 nitrogen and oxygen atoms in total. The SMILES string of the molecule is [C-]#[N+]c1ccc2c(n1)c(N1C[C@@H](C)N(C(c3cccc(Cl)c3)c3ccc(C)cn3)C[C@@H]1C)cc(=O)n2C. The van der Waals surface area contributed by atoms with E-state index in [2.05, 4.69) is 51.7 Å². The summed E-state index contributed by atoms with van der Waals surface area (Å²) in [7, 11) is 1.74. The Balaban J connectivity index is 1.56. The highest BCUT2D eigenvalue weighted by Gasteiger charge is 2.37. The molecule has 0 bridgehead atoms. The Morgan fingerprint density at radius 2 is 1.89 bits per heavy atom. The Kier molecular flexibility index (Phi) is 6.72. The smallest absolute Gasteiger partial charge is 0.270 e. The molecule has 1 aliphatic rings. The van der Waals surface area contributed by atoms with Crippen LogP contribution in [0.25, 0.3) is 15.9 Å². The number of benzene rings is 1. The first-order valence-electron chi connectivity index (χ1n) is 12.4. The molecule has 0 spiro atoms. The topological polar surface area (TPSA) is 58.6 Å². The maximum atomic E-state index is 12.9. The lowest BCUT2D eigenvalue weighted by atomic mass is 9.96. The van der Waals surface area contributed by atoms with Crippen molar-refractivity contribution in [2.75, 3.05) is 18.0 Å². The van der Waals surface area contributed by atoms with Crippen LogP contribution in [0.15, 0.2) is 65.6 Å². The number of nitrogens with zero attached hydrogens (tertiary/aromatic N) is 6. The molecular formula is C29H29ClN6O. The maximum Gasteiger partial charge on any atom is 0.270 e. The Hall–Kier alpha value is -3.73. The summed E-state index contributed by atoms with van der Waals surface area (Å²) in [4.78, 5) is 30.5. The zero-order valence-corrected chi connectivity index (χ0v) is 22.1. The van der Waals surface area contributed by atoms with Gasteiger partial charge in [0.2, 0.25) is 5.52 Å². The monoisotopic (exact) mass is 512 g/mol. The molecule has 1 aromatic carbocycles. The lowest BCUT2D eigenvalue weighted by Crippen LogP contribution is -2.57. The molecule has 0 amide bonds. The van der Waals surface area contributed by atoms with Gasteiger partial charge in [-0.1, -0.05) is 36.4 Å². The molecule has 1 fully saturated rings. The fourth-order valence-corrected chi connectivity index (χ4v) is 5.48. The summed E-state index contributed by atoms with van der Waals surface area (Å²) in [6.07, 6.45) is 1.91. The van der Waals surface area contributed by atoms with Crippen LogP contribution >= 0.6 is 11.6 Å². The van der Waals surface area contributed by atoms with Crippen molar-refractivity contribution in [3.8, 4) is 0 Å². The lowest BCUT2D eigenvalue weighted by molar-refractivity contribution is 0.128. The first-order chi connectivity index (χ1) is 17.8. The normalized spacial score (nSPS) is 19.1. The largest absolute Gasteiger partial charge is 0.362 e. The van der Waals surface area contributed by atoms with E-state index in [1.54, 1.807) is 23.7 Å². The van der Waals surface area contributed by atoms with Crippen molar-refractivity contribution >= 4 is 34.1 Å². The number of fused-ring (bicyclic) bond motifs is 1. The minimum absolute atomic E-state index is 0.0638. The predicted molar refractivity (Wildman–Crippen MR) is 148 cm³/mol. The molecule has 188 valence electrons. The van der Waals surface area contributed by atoms with E-state index < -0.39 is 0 Å². The van der Waals surface area contributed by atoms with Gasteiger partial charge in [0, 0.05) is 49.5 Å². The molecule has 1 unspecified atom stereocenters. The Morgan fingerprint density at radius 3 is 2.59 bits per heavy atom. The van der Waals surface area contributed by atoms with Crippen LogP contribution in [-0.2, 0) is 7.05 Å². The molecule has 1 aliphatic heterocycles. The van der Waals surface area contributed by atoms with Gasteiger partial charge in [-0.3, -0.25) is 14.7 Å². The molecule has 37 heavy (non-hydrogen) atoms. The van der Waals surface area contributed by atoms with Gasteiger partial charge in [-0.2, -0.15) is 0 Å². The summed E-state index contributed by atoms with van der Waals surface area (Å²) in [5, 5.41) is 0.697. The summed E-state index contributed by atoms with van der Waals surface area (Å²) in [5.74, 6) is 0.318. The molecule has 4 aromatic rings. The third-order valence-electron chi connectivity index (χ3n) is 7.22. The van der Waals surface area contributed by atoms with Crippen LogP contribution in [-0.4, -0.2) is 44.6 Å². The van der Waals surface area contributed by atoms with Gasteiger partial charge >= 0.3 is 0 Å². The number of rotatable bonds is 4. The summed E-state index contributed by atoms with van der Waals surface area (Å²) in [5.41, 5.74) is 5.26. The Labute approximate surface area is 221 Å². The average molecular weight is 513 g/mol. The zero-order chi connectivity index (χ0) is 26.3. The van der Waals surface area contributed by atoms with Crippen LogP contribution in [0.1, 0.15) is 36.7 Å². The average Bonchev–Trinajstić information content (AvgIpc) is 2.89. The summed E-state index contributed by atoms with van der Waals surface area (Å²) >= 11 is 6.41. The van der Waals surface area contributed by atoms with Crippen LogP contribution in [0.3, 0.4) is 0 Å². The number of hydrogen-bond donors (Lipinski definition) is 0. The van der Waals surface area contributed by atoms with Gasteiger partial charge in [0.25, 0.3) is 11.4 Å². The van der Waals surface area contributed by atoms with Crippen LogP contribution in [0.2, 0.25) is 5.02 Å². The number of pyridine rings is 3. The summed E-state index contributed by atoms with van der Waals surface area (Å²) < 4.78 is 1.59. The number of halogens is 1. The van der Waals surface area contributed by atoms with E-state index in [1.807, 2.05) is 37.4 Å². The van der Waals surface area contributed by atoms with Crippen molar-refractivity contribution in [2.24, 2.45) is 7.05 Å². The van der Waals surface area contributed by atoms with E-state index >= 15 is 0 Å². The van der Waals surface area contributed by atoms with Crippen LogP contribution in [0.4, 0.5) is 11.5 Å². The van der Waals surface area contributed by atoms with Crippen molar-refractivity contribution < 1.29 is 0 Å². The molecule has 0 aliphatic carbocycles. The molecule has 3 aromatic heterocycles. The van der Waals surface area contributed by atoms with Crippen LogP contribution < -0.4 is 10.5 Å². The molecule has 3 atom stereocenters. The van der Waals surface area contributed by atoms with Gasteiger partial charge < -0.3 is 14.3 Å². The molecule has 5 rings (SSSR count). The maximum absolute atomic E-state index is 12.9. The number of anilines is 1. The first kappa shape index (κ1) is 24.9. The highest BCUT2D eigenvalue weighted by atomic mass is 35.5. The molecule has 0 saturated carbocycles. The van der Waals surface area contributed by atoms with Crippen molar-refractivity contribution in [1.82, 2.24) is 19.4 Å². The van der Waals surface area contributed by atoms with Gasteiger partial charge in [0.15, 0.2) is 0 Å². The van der Waals surface area contributed by atoms with Crippen molar-refractivity contribution in [2.45, 2.75) is 38.9 Å². The first-order valence-corrected chi connectivity index (χ1v) is 12.7. The number of hydrogen-bond acceptors (Lipinski definition) is 5. The second kappa shape index (κ2) is 9.97. The minimum Gasteiger partial charge on any atom is -0.362 e. The van der Waals surface area contributed by atoms with Crippen molar-refractivity contribution in [3.05, 3.63) is 104 Å². The number of aromatic nitrogens is 3. The molecule has 0 N–H and O–H groups in total. The Morgan fingerprint density at radius 1 is 1.08 bits per heavy atom. The van der Waals surface area contributed by atoms with Gasteiger partial charge in [-0.05, 0) is 62.2 Å². The highest BCUT2D eigenvalue weighted by Crippen LogP contribution is 2.36. The van der Waals surface area contributed by atoms with E-state index in [9.17, 15) is 4.79 Å². The van der Waals surface area contributed by atoms with E-state index in [-0.39, 0.29) is 23.7 Å².